The van der Waals surface area contributed by atoms with Gasteiger partial charge < -0.3 is 5.11 Å². The minimum absolute atomic E-state index is 0.597. The minimum atomic E-state index is -0.785. The molecule has 1 nitrogen and oxygen atoms in total. The van der Waals surface area contributed by atoms with E-state index in [9.17, 15) is 5.11 Å². The summed E-state index contributed by atoms with van der Waals surface area (Å²) in [5.74, 6) is 5.66. The van der Waals surface area contributed by atoms with Crippen LogP contribution < -0.4 is 0 Å². The van der Waals surface area contributed by atoms with Crippen LogP contribution in [0.15, 0.2) is 54.6 Å². The van der Waals surface area contributed by atoms with Crippen molar-refractivity contribution >= 4 is 11.6 Å². The summed E-state index contributed by atoms with van der Waals surface area (Å²) in [6.07, 6.45) is -0.785. The number of halogens is 1. The third-order valence-corrected chi connectivity index (χ3v) is 2.66. The highest BCUT2D eigenvalue weighted by atomic mass is 35.5. The standard InChI is InChI=1S/C15H11ClO/c16-14-9-5-4-6-12(14)10-11-15(17)13-7-2-1-3-8-13/h1-9,15,17H/t15-/m1/s1. The van der Waals surface area contributed by atoms with E-state index in [-0.39, 0.29) is 0 Å². The number of hydrogen-bond acceptors (Lipinski definition) is 1. The molecule has 1 atom stereocenters. The lowest BCUT2D eigenvalue weighted by molar-refractivity contribution is 0.238. The van der Waals surface area contributed by atoms with Crippen molar-refractivity contribution in [3.05, 3.63) is 70.7 Å². The van der Waals surface area contributed by atoms with Gasteiger partial charge in [0.15, 0.2) is 0 Å². The van der Waals surface area contributed by atoms with Crippen molar-refractivity contribution in [2.75, 3.05) is 0 Å². The normalized spacial score (nSPS) is 11.4. The molecular weight excluding hydrogens is 232 g/mol. The molecule has 0 spiro atoms. The van der Waals surface area contributed by atoms with Crippen molar-refractivity contribution in [1.29, 1.82) is 0 Å². The molecule has 0 aliphatic rings. The van der Waals surface area contributed by atoms with Crippen LogP contribution in [0, 0.1) is 11.8 Å². The molecule has 84 valence electrons. The van der Waals surface area contributed by atoms with Crippen LogP contribution >= 0.6 is 11.6 Å². The van der Waals surface area contributed by atoms with Gasteiger partial charge in [0.1, 0.15) is 6.10 Å². The topological polar surface area (TPSA) is 20.2 Å². The second kappa shape index (κ2) is 5.54. The Hall–Kier alpha value is -1.75. The number of rotatable bonds is 1. The maximum Gasteiger partial charge on any atom is 0.140 e. The van der Waals surface area contributed by atoms with E-state index in [1.807, 2.05) is 48.5 Å². The van der Waals surface area contributed by atoms with E-state index in [2.05, 4.69) is 11.8 Å². The largest absolute Gasteiger partial charge is 0.376 e. The smallest absolute Gasteiger partial charge is 0.140 e. The monoisotopic (exact) mass is 242 g/mol. The van der Waals surface area contributed by atoms with Crippen molar-refractivity contribution in [2.45, 2.75) is 6.10 Å². The van der Waals surface area contributed by atoms with Crippen molar-refractivity contribution in [2.24, 2.45) is 0 Å². The molecule has 2 aromatic rings. The van der Waals surface area contributed by atoms with Gasteiger partial charge in [0.05, 0.1) is 5.02 Å². The molecule has 0 heterocycles. The van der Waals surface area contributed by atoms with Crippen LogP contribution in [-0.4, -0.2) is 5.11 Å². The van der Waals surface area contributed by atoms with Gasteiger partial charge in [-0.1, -0.05) is 65.9 Å². The second-order valence-corrected chi connectivity index (χ2v) is 3.97. The molecule has 0 radical (unpaired) electrons. The van der Waals surface area contributed by atoms with Crippen LogP contribution in [0.5, 0.6) is 0 Å². The van der Waals surface area contributed by atoms with E-state index >= 15 is 0 Å². The van der Waals surface area contributed by atoms with Crippen molar-refractivity contribution in [1.82, 2.24) is 0 Å². The van der Waals surface area contributed by atoms with Gasteiger partial charge in [-0.25, -0.2) is 0 Å². The summed E-state index contributed by atoms with van der Waals surface area (Å²) in [4.78, 5) is 0. The summed E-state index contributed by atoms with van der Waals surface area (Å²) in [6.45, 7) is 0. The summed E-state index contributed by atoms with van der Waals surface area (Å²) < 4.78 is 0. The molecule has 0 fully saturated rings. The average Bonchev–Trinajstić information content (AvgIpc) is 2.38. The van der Waals surface area contributed by atoms with Gasteiger partial charge in [-0.3, -0.25) is 0 Å². The fourth-order valence-electron chi connectivity index (χ4n) is 1.43. The van der Waals surface area contributed by atoms with Gasteiger partial charge >= 0.3 is 0 Å². The van der Waals surface area contributed by atoms with E-state index in [0.29, 0.717) is 5.02 Å². The van der Waals surface area contributed by atoms with E-state index in [4.69, 9.17) is 11.6 Å². The first kappa shape index (κ1) is 11.7. The maximum atomic E-state index is 9.86. The van der Waals surface area contributed by atoms with Gasteiger partial charge in [-0.2, -0.15) is 0 Å². The molecule has 0 saturated carbocycles. The lowest BCUT2D eigenvalue weighted by Crippen LogP contribution is -1.92. The van der Waals surface area contributed by atoms with Crippen LogP contribution in [0.25, 0.3) is 0 Å². The fourth-order valence-corrected chi connectivity index (χ4v) is 1.61. The number of benzene rings is 2. The Balaban J connectivity index is 2.21. The number of aliphatic hydroxyl groups excluding tert-OH is 1. The quantitative estimate of drug-likeness (QED) is 0.760. The Morgan fingerprint density at radius 1 is 0.941 bits per heavy atom. The Bertz CT molecular complexity index is 552. The Morgan fingerprint density at radius 3 is 2.29 bits per heavy atom. The molecule has 2 rings (SSSR count). The summed E-state index contributed by atoms with van der Waals surface area (Å²) in [6, 6.07) is 16.6. The Labute approximate surface area is 106 Å². The first-order valence-corrected chi connectivity index (χ1v) is 5.64. The molecule has 2 heteroatoms. The lowest BCUT2D eigenvalue weighted by Gasteiger charge is -2.02. The summed E-state index contributed by atoms with van der Waals surface area (Å²) in [5, 5.41) is 10.5. The molecule has 0 saturated heterocycles. The van der Waals surface area contributed by atoms with Gasteiger partial charge in [-0.05, 0) is 17.7 Å². The van der Waals surface area contributed by atoms with Crippen molar-refractivity contribution < 1.29 is 5.11 Å². The number of aliphatic hydroxyl groups is 1. The maximum absolute atomic E-state index is 9.86. The van der Waals surface area contributed by atoms with Gasteiger partial charge in [0, 0.05) is 5.56 Å². The highest BCUT2D eigenvalue weighted by molar-refractivity contribution is 6.31. The summed E-state index contributed by atoms with van der Waals surface area (Å²) >= 11 is 5.97. The van der Waals surface area contributed by atoms with Crippen molar-refractivity contribution in [3.63, 3.8) is 0 Å². The fraction of sp³-hybridized carbons (Fsp3) is 0.0667. The van der Waals surface area contributed by atoms with Crippen LogP contribution in [0.2, 0.25) is 5.02 Å². The third kappa shape index (κ3) is 3.10. The van der Waals surface area contributed by atoms with Crippen LogP contribution in [-0.2, 0) is 0 Å². The molecule has 0 aliphatic carbocycles. The predicted octanol–water partition coefficient (Wildman–Crippen LogP) is 3.43. The highest BCUT2D eigenvalue weighted by Gasteiger charge is 2.01. The Kier molecular flexibility index (Phi) is 3.82. The molecule has 0 aromatic heterocycles. The molecule has 0 amide bonds. The molecule has 17 heavy (non-hydrogen) atoms. The number of hydrogen-bond donors (Lipinski definition) is 1. The molecule has 0 unspecified atom stereocenters. The summed E-state index contributed by atoms with van der Waals surface area (Å²) in [7, 11) is 0. The van der Waals surface area contributed by atoms with Gasteiger partial charge in [0.25, 0.3) is 0 Å². The molecule has 2 aromatic carbocycles. The van der Waals surface area contributed by atoms with E-state index in [1.54, 1.807) is 6.07 Å². The lowest BCUT2D eigenvalue weighted by atomic mass is 10.1. The van der Waals surface area contributed by atoms with Gasteiger partial charge in [-0.15, -0.1) is 0 Å². The molecule has 0 aliphatic heterocycles. The molecule has 1 N–H and O–H groups in total. The predicted molar refractivity (Wildman–Crippen MR) is 69.7 cm³/mol. The minimum Gasteiger partial charge on any atom is -0.376 e. The highest BCUT2D eigenvalue weighted by Crippen LogP contribution is 2.15. The summed E-state index contributed by atoms with van der Waals surface area (Å²) in [5.41, 5.74) is 1.51. The zero-order valence-corrected chi connectivity index (χ0v) is 9.85. The van der Waals surface area contributed by atoms with E-state index in [1.165, 1.54) is 0 Å². The first-order valence-electron chi connectivity index (χ1n) is 5.26. The third-order valence-electron chi connectivity index (χ3n) is 2.33. The molecule has 0 bridgehead atoms. The van der Waals surface area contributed by atoms with E-state index < -0.39 is 6.10 Å². The first-order chi connectivity index (χ1) is 8.27. The van der Waals surface area contributed by atoms with Gasteiger partial charge in [0.2, 0.25) is 0 Å². The van der Waals surface area contributed by atoms with Crippen LogP contribution in [0.1, 0.15) is 17.2 Å². The van der Waals surface area contributed by atoms with E-state index in [0.717, 1.165) is 11.1 Å². The SMILES string of the molecule is O[C@H](C#Cc1ccccc1Cl)c1ccccc1. The van der Waals surface area contributed by atoms with Crippen LogP contribution in [0.3, 0.4) is 0 Å². The van der Waals surface area contributed by atoms with Crippen LogP contribution in [0.4, 0.5) is 0 Å². The van der Waals surface area contributed by atoms with Crippen molar-refractivity contribution in [3.8, 4) is 11.8 Å². The zero-order chi connectivity index (χ0) is 12.1. The second-order valence-electron chi connectivity index (χ2n) is 3.56. The average molecular weight is 243 g/mol. The Morgan fingerprint density at radius 2 is 1.59 bits per heavy atom. The molecular formula is C15H11ClO. The zero-order valence-electron chi connectivity index (χ0n) is 9.10.